The van der Waals surface area contributed by atoms with Crippen molar-refractivity contribution < 1.29 is 27.5 Å². The van der Waals surface area contributed by atoms with Crippen LogP contribution < -0.4 is 9.62 Å². The van der Waals surface area contributed by atoms with Crippen molar-refractivity contribution in [3.8, 4) is 0 Å². The molecule has 0 atom stereocenters. The Morgan fingerprint density at radius 1 is 1.27 bits per heavy atom. The Kier molecular flexibility index (Phi) is 6.98. The number of hydrogen-bond acceptors (Lipinski definition) is 6. The Balaban J connectivity index is 2.10. The van der Waals surface area contributed by atoms with Crippen LogP contribution in [-0.2, 0) is 24.3 Å². The predicted molar refractivity (Wildman–Crippen MR) is 96.5 cm³/mol. The topological polar surface area (TPSA) is 102 Å². The Hall–Kier alpha value is -2.13. The number of ether oxygens (including phenoxy) is 2. The van der Waals surface area contributed by atoms with Gasteiger partial charge in [-0.15, -0.1) is 0 Å². The molecule has 1 amide bonds. The molecular weight excluding hydrogens is 360 g/mol. The van der Waals surface area contributed by atoms with Gasteiger partial charge in [-0.25, -0.2) is 13.2 Å². The fourth-order valence-corrected chi connectivity index (χ4v) is 3.76. The molecule has 9 heteroatoms. The summed E-state index contributed by atoms with van der Waals surface area (Å²) in [5.41, 5.74) is 0.373. The van der Waals surface area contributed by atoms with E-state index in [0.717, 1.165) is 10.6 Å². The number of carbonyl (C=O) groups excluding carboxylic acids is 2. The van der Waals surface area contributed by atoms with E-state index in [9.17, 15) is 18.0 Å². The zero-order valence-electron chi connectivity index (χ0n) is 14.9. The average Bonchev–Trinajstić information content (AvgIpc) is 2.64. The molecule has 0 bridgehead atoms. The van der Waals surface area contributed by atoms with Crippen molar-refractivity contribution in [2.75, 3.05) is 44.0 Å². The van der Waals surface area contributed by atoms with E-state index in [2.05, 4.69) is 5.32 Å². The molecule has 144 valence electrons. The van der Waals surface area contributed by atoms with Gasteiger partial charge in [0.2, 0.25) is 15.9 Å². The molecule has 0 aliphatic carbocycles. The molecule has 1 aromatic carbocycles. The van der Waals surface area contributed by atoms with Crippen molar-refractivity contribution in [3.63, 3.8) is 0 Å². The third-order valence-corrected chi connectivity index (χ3v) is 5.36. The van der Waals surface area contributed by atoms with Gasteiger partial charge in [-0.1, -0.05) is 12.1 Å². The fourth-order valence-electron chi connectivity index (χ4n) is 2.82. The minimum Gasteiger partial charge on any atom is -0.465 e. The molecule has 26 heavy (non-hydrogen) atoms. The van der Waals surface area contributed by atoms with Gasteiger partial charge < -0.3 is 14.8 Å². The Labute approximate surface area is 153 Å². The van der Waals surface area contributed by atoms with Crippen LogP contribution in [0.3, 0.4) is 0 Å². The van der Waals surface area contributed by atoms with Gasteiger partial charge in [0.25, 0.3) is 0 Å². The molecule has 0 unspecified atom stereocenters. The van der Waals surface area contributed by atoms with Crippen LogP contribution in [0.2, 0.25) is 0 Å². The number of hydrogen-bond donors (Lipinski definition) is 1. The van der Waals surface area contributed by atoms with Crippen LogP contribution >= 0.6 is 0 Å². The molecule has 1 heterocycles. The van der Waals surface area contributed by atoms with Crippen molar-refractivity contribution >= 4 is 27.6 Å². The van der Waals surface area contributed by atoms with Gasteiger partial charge in [0, 0.05) is 25.7 Å². The van der Waals surface area contributed by atoms with Crippen LogP contribution in [0.1, 0.15) is 23.2 Å². The van der Waals surface area contributed by atoms with Crippen LogP contribution in [0.4, 0.5) is 5.69 Å². The molecule has 1 fully saturated rings. The number of nitrogens with zero attached hydrogens (tertiary/aromatic N) is 1. The van der Waals surface area contributed by atoms with Gasteiger partial charge in [0.1, 0.15) is 0 Å². The van der Waals surface area contributed by atoms with E-state index < -0.39 is 16.0 Å². The molecule has 0 radical (unpaired) electrons. The number of para-hydroxylation sites is 1. The SMILES string of the molecule is COC(=O)c1ccccc1N(CCNC(=O)C1CCOCC1)S(C)(=O)=O. The van der Waals surface area contributed by atoms with Crippen molar-refractivity contribution in [3.05, 3.63) is 29.8 Å². The van der Waals surface area contributed by atoms with Gasteiger partial charge in [-0.05, 0) is 25.0 Å². The number of benzene rings is 1. The van der Waals surface area contributed by atoms with Crippen LogP contribution in [-0.4, -0.2) is 60.0 Å². The van der Waals surface area contributed by atoms with Gasteiger partial charge in [0.15, 0.2) is 0 Å². The molecule has 0 aromatic heterocycles. The van der Waals surface area contributed by atoms with Crippen molar-refractivity contribution in [1.29, 1.82) is 0 Å². The zero-order valence-corrected chi connectivity index (χ0v) is 15.8. The standard InChI is InChI=1S/C17H24N2O6S/c1-24-17(21)14-5-3-4-6-15(14)19(26(2,22)23)10-9-18-16(20)13-7-11-25-12-8-13/h3-6,13H,7-12H2,1-2H3,(H,18,20). The highest BCUT2D eigenvalue weighted by Crippen LogP contribution is 2.23. The number of amides is 1. The average molecular weight is 384 g/mol. The minimum absolute atomic E-state index is 0.0157. The van der Waals surface area contributed by atoms with E-state index in [1.165, 1.54) is 19.2 Å². The number of anilines is 1. The molecule has 2 rings (SSSR count). The maximum Gasteiger partial charge on any atom is 0.340 e. The molecule has 1 aliphatic heterocycles. The third kappa shape index (κ3) is 5.18. The Bertz CT molecular complexity index is 743. The number of carbonyl (C=O) groups is 2. The van der Waals surface area contributed by atoms with Crippen molar-refractivity contribution in [2.24, 2.45) is 5.92 Å². The minimum atomic E-state index is -3.65. The second kappa shape index (κ2) is 9.00. The predicted octanol–water partition coefficient (Wildman–Crippen LogP) is 0.782. The molecule has 1 aromatic rings. The summed E-state index contributed by atoms with van der Waals surface area (Å²) in [7, 11) is -2.42. The van der Waals surface area contributed by atoms with Gasteiger partial charge >= 0.3 is 5.97 Å². The largest absolute Gasteiger partial charge is 0.465 e. The fraction of sp³-hybridized carbons (Fsp3) is 0.529. The lowest BCUT2D eigenvalue weighted by molar-refractivity contribution is -0.127. The van der Waals surface area contributed by atoms with Crippen LogP contribution in [0, 0.1) is 5.92 Å². The van der Waals surface area contributed by atoms with Gasteiger partial charge in [-0.3, -0.25) is 9.10 Å². The monoisotopic (exact) mass is 384 g/mol. The molecule has 0 spiro atoms. The van der Waals surface area contributed by atoms with E-state index in [1.807, 2.05) is 0 Å². The third-order valence-electron chi connectivity index (χ3n) is 4.18. The summed E-state index contributed by atoms with van der Waals surface area (Å²) in [6.45, 7) is 1.26. The first-order valence-electron chi connectivity index (χ1n) is 8.35. The van der Waals surface area contributed by atoms with Gasteiger partial charge in [0.05, 0.1) is 31.2 Å². The zero-order chi connectivity index (χ0) is 19.2. The summed E-state index contributed by atoms with van der Waals surface area (Å²) >= 11 is 0. The summed E-state index contributed by atoms with van der Waals surface area (Å²) in [6, 6.07) is 6.30. The summed E-state index contributed by atoms with van der Waals surface area (Å²) in [5, 5.41) is 2.77. The summed E-state index contributed by atoms with van der Waals surface area (Å²) in [4.78, 5) is 24.1. The quantitative estimate of drug-likeness (QED) is 0.697. The van der Waals surface area contributed by atoms with E-state index in [4.69, 9.17) is 9.47 Å². The first-order chi connectivity index (χ1) is 12.3. The number of nitrogens with one attached hydrogen (secondary N) is 1. The van der Waals surface area contributed by atoms with Crippen LogP contribution in [0.25, 0.3) is 0 Å². The summed E-state index contributed by atoms with van der Waals surface area (Å²) in [6.07, 6.45) is 2.38. The maximum atomic E-state index is 12.2. The lowest BCUT2D eigenvalue weighted by Crippen LogP contribution is -2.41. The smallest absolute Gasteiger partial charge is 0.340 e. The second-order valence-corrected chi connectivity index (χ2v) is 7.93. The molecule has 0 saturated carbocycles. The summed E-state index contributed by atoms with van der Waals surface area (Å²) in [5.74, 6) is -0.846. The van der Waals surface area contributed by atoms with Crippen LogP contribution in [0.15, 0.2) is 24.3 Å². The first kappa shape index (κ1) is 20.2. The number of methoxy groups -OCH3 is 1. The highest BCUT2D eigenvalue weighted by molar-refractivity contribution is 7.92. The lowest BCUT2D eigenvalue weighted by atomic mass is 9.99. The maximum absolute atomic E-state index is 12.2. The number of sulfonamides is 1. The molecule has 8 nitrogen and oxygen atoms in total. The number of rotatable bonds is 7. The molecule has 1 saturated heterocycles. The molecular formula is C17H24N2O6S. The van der Waals surface area contributed by atoms with Gasteiger partial charge in [-0.2, -0.15) is 0 Å². The Morgan fingerprint density at radius 2 is 1.92 bits per heavy atom. The summed E-state index contributed by atoms with van der Waals surface area (Å²) < 4.78 is 35.5. The highest BCUT2D eigenvalue weighted by Gasteiger charge is 2.25. The van der Waals surface area contributed by atoms with Crippen molar-refractivity contribution in [1.82, 2.24) is 5.32 Å². The van der Waals surface area contributed by atoms with E-state index in [0.29, 0.717) is 26.1 Å². The van der Waals surface area contributed by atoms with E-state index in [-0.39, 0.29) is 36.2 Å². The molecule has 1 aliphatic rings. The second-order valence-electron chi connectivity index (χ2n) is 6.02. The van der Waals surface area contributed by atoms with E-state index >= 15 is 0 Å². The lowest BCUT2D eigenvalue weighted by Gasteiger charge is -2.25. The normalized spacial score (nSPS) is 15.3. The first-order valence-corrected chi connectivity index (χ1v) is 10.2. The van der Waals surface area contributed by atoms with Crippen LogP contribution in [0.5, 0.6) is 0 Å². The van der Waals surface area contributed by atoms with Crippen molar-refractivity contribution in [2.45, 2.75) is 12.8 Å². The highest BCUT2D eigenvalue weighted by atomic mass is 32.2. The van der Waals surface area contributed by atoms with E-state index in [1.54, 1.807) is 12.1 Å². The molecule has 1 N–H and O–H groups in total. The Morgan fingerprint density at radius 3 is 2.54 bits per heavy atom. The number of esters is 1.